The molecule has 0 heterocycles. The molecule has 0 aromatic heterocycles. The number of nitriles is 1. The molecular formula is C7H16N2. The third-order valence-electron chi connectivity index (χ3n) is 1.33. The van der Waals surface area contributed by atoms with E-state index in [-0.39, 0.29) is 0 Å². The van der Waals surface area contributed by atoms with Crippen LogP contribution < -0.4 is 5.73 Å². The van der Waals surface area contributed by atoms with Crippen molar-refractivity contribution in [3.63, 3.8) is 0 Å². The van der Waals surface area contributed by atoms with Crippen LogP contribution in [0.3, 0.4) is 0 Å². The second-order valence-corrected chi connectivity index (χ2v) is 2.62. The summed E-state index contributed by atoms with van der Waals surface area (Å²) in [6.45, 7) is 8.96. The normalized spacial score (nSPS) is 8.11. The van der Waals surface area contributed by atoms with Gasteiger partial charge in [0, 0.05) is 0 Å². The summed E-state index contributed by atoms with van der Waals surface area (Å²) < 4.78 is 0. The molecule has 0 rings (SSSR count). The Bertz CT molecular complexity index is 73.4. The monoisotopic (exact) mass is 128 g/mol. The smallest absolute Gasteiger partial charge is 0.173 e. The van der Waals surface area contributed by atoms with E-state index in [1.807, 2.05) is 0 Å². The molecule has 2 heteroatoms. The number of hydrogen-bond donors (Lipinski definition) is 1. The molecule has 9 heavy (non-hydrogen) atoms. The minimum absolute atomic E-state index is 0.852. The molecule has 0 aromatic rings. The lowest BCUT2D eigenvalue weighted by Gasteiger charge is -2.05. The summed E-state index contributed by atoms with van der Waals surface area (Å²) in [6.07, 6.45) is 1.25. The lowest BCUT2D eigenvalue weighted by atomic mass is 10.0. The zero-order chi connectivity index (χ0) is 7.86. The van der Waals surface area contributed by atoms with Crippen LogP contribution in [-0.2, 0) is 0 Å². The first-order valence-corrected chi connectivity index (χ1v) is 3.16. The van der Waals surface area contributed by atoms with E-state index < -0.39 is 0 Å². The van der Waals surface area contributed by atoms with Gasteiger partial charge in [-0.1, -0.05) is 27.7 Å². The zero-order valence-corrected chi connectivity index (χ0v) is 6.68. The number of nitrogens with two attached hydrogens (primary N) is 1. The van der Waals surface area contributed by atoms with Crippen LogP contribution in [0.15, 0.2) is 0 Å². The van der Waals surface area contributed by atoms with Crippen molar-refractivity contribution >= 4 is 0 Å². The average molecular weight is 128 g/mol. The first-order valence-electron chi connectivity index (χ1n) is 3.16. The maximum absolute atomic E-state index is 7.10. The Morgan fingerprint density at radius 2 is 1.22 bits per heavy atom. The fourth-order valence-corrected chi connectivity index (χ4v) is 0. The molecule has 0 unspecified atom stereocenters. The highest BCUT2D eigenvalue weighted by Crippen LogP contribution is 2.05. The van der Waals surface area contributed by atoms with Crippen LogP contribution in [0.1, 0.15) is 27.7 Å². The van der Waals surface area contributed by atoms with Crippen molar-refractivity contribution in [1.82, 2.24) is 0 Å². The standard InChI is InChI=1S/C6H14.CH2N2/c1-5(2)6(3)4;2-1-3/h5-6H,1-4H3;2H2. The topological polar surface area (TPSA) is 49.8 Å². The minimum Gasteiger partial charge on any atom is -0.337 e. The third-order valence-corrected chi connectivity index (χ3v) is 1.33. The van der Waals surface area contributed by atoms with Crippen LogP contribution in [0.5, 0.6) is 0 Å². The van der Waals surface area contributed by atoms with Crippen molar-refractivity contribution in [1.29, 1.82) is 5.26 Å². The Kier molecular flexibility index (Phi) is 9.02. The van der Waals surface area contributed by atoms with Gasteiger partial charge in [-0.25, -0.2) is 0 Å². The predicted octanol–water partition coefficient (Wildman–Crippen LogP) is 1.72. The Labute approximate surface area is 57.7 Å². The maximum Gasteiger partial charge on any atom is 0.173 e. The van der Waals surface area contributed by atoms with Gasteiger partial charge >= 0.3 is 0 Å². The third kappa shape index (κ3) is 18.8. The largest absolute Gasteiger partial charge is 0.337 e. The van der Waals surface area contributed by atoms with E-state index in [0.717, 1.165) is 11.8 Å². The summed E-state index contributed by atoms with van der Waals surface area (Å²) in [7, 11) is 0. The summed E-state index contributed by atoms with van der Waals surface area (Å²) in [5.74, 6) is 1.70. The van der Waals surface area contributed by atoms with Crippen molar-refractivity contribution in [2.75, 3.05) is 0 Å². The van der Waals surface area contributed by atoms with Crippen LogP contribution in [-0.4, -0.2) is 0 Å². The van der Waals surface area contributed by atoms with Crippen LogP contribution >= 0.6 is 0 Å². The molecule has 0 amide bonds. The molecule has 0 fully saturated rings. The molecule has 0 atom stereocenters. The van der Waals surface area contributed by atoms with Crippen molar-refractivity contribution in [2.24, 2.45) is 17.6 Å². The number of rotatable bonds is 1. The Balaban J connectivity index is 0. The highest BCUT2D eigenvalue weighted by Gasteiger charge is 1.95. The van der Waals surface area contributed by atoms with Crippen molar-refractivity contribution in [3.8, 4) is 6.19 Å². The number of nitrogens with zero attached hydrogens (tertiary/aromatic N) is 1. The summed E-state index contributed by atoms with van der Waals surface area (Å²) in [6, 6.07) is 0. The molecule has 2 N–H and O–H groups in total. The maximum atomic E-state index is 7.10. The summed E-state index contributed by atoms with van der Waals surface area (Å²) in [4.78, 5) is 0. The molecule has 0 radical (unpaired) electrons. The quantitative estimate of drug-likeness (QED) is 0.432. The van der Waals surface area contributed by atoms with Crippen molar-refractivity contribution in [3.05, 3.63) is 0 Å². The Morgan fingerprint density at radius 3 is 1.22 bits per heavy atom. The lowest BCUT2D eigenvalue weighted by molar-refractivity contribution is 0.457. The SMILES string of the molecule is CC(C)C(C)C.N#CN. The van der Waals surface area contributed by atoms with E-state index in [4.69, 9.17) is 5.26 Å². The van der Waals surface area contributed by atoms with E-state index in [9.17, 15) is 0 Å². The fraction of sp³-hybridized carbons (Fsp3) is 0.857. The van der Waals surface area contributed by atoms with Gasteiger partial charge < -0.3 is 5.73 Å². The average Bonchev–Trinajstić information content (AvgIpc) is 1.68. The van der Waals surface area contributed by atoms with Gasteiger partial charge in [-0.3, -0.25) is 0 Å². The molecule has 0 aliphatic rings. The summed E-state index contributed by atoms with van der Waals surface area (Å²) in [5.41, 5.74) is 4.15. The Morgan fingerprint density at radius 1 is 1.11 bits per heavy atom. The molecule has 2 nitrogen and oxygen atoms in total. The van der Waals surface area contributed by atoms with Crippen molar-refractivity contribution < 1.29 is 0 Å². The van der Waals surface area contributed by atoms with Gasteiger partial charge in [-0.05, 0) is 11.8 Å². The highest BCUT2D eigenvalue weighted by atomic mass is 14.5. The van der Waals surface area contributed by atoms with Crippen LogP contribution in [0, 0.1) is 23.3 Å². The first kappa shape index (κ1) is 11.1. The van der Waals surface area contributed by atoms with Gasteiger partial charge in [0.1, 0.15) is 0 Å². The van der Waals surface area contributed by atoms with Crippen molar-refractivity contribution in [2.45, 2.75) is 27.7 Å². The number of hydrogen-bond acceptors (Lipinski definition) is 2. The molecule has 0 bridgehead atoms. The molecule has 54 valence electrons. The molecule has 0 spiro atoms. The molecule has 0 aliphatic carbocycles. The molecule has 0 aromatic carbocycles. The van der Waals surface area contributed by atoms with E-state index in [0.29, 0.717) is 0 Å². The lowest BCUT2D eigenvalue weighted by Crippen LogP contribution is -1.95. The molecular weight excluding hydrogens is 112 g/mol. The second kappa shape index (κ2) is 7.29. The van der Waals surface area contributed by atoms with Gasteiger partial charge in [0.25, 0.3) is 0 Å². The molecule has 0 saturated heterocycles. The zero-order valence-electron chi connectivity index (χ0n) is 6.68. The summed E-state index contributed by atoms with van der Waals surface area (Å²) in [5, 5.41) is 7.10. The highest BCUT2D eigenvalue weighted by molar-refractivity contribution is 4.47. The van der Waals surface area contributed by atoms with E-state index in [2.05, 4.69) is 33.4 Å². The molecule has 0 saturated carbocycles. The summed E-state index contributed by atoms with van der Waals surface area (Å²) >= 11 is 0. The fourth-order valence-electron chi connectivity index (χ4n) is 0. The van der Waals surface area contributed by atoms with Gasteiger partial charge in [0.2, 0.25) is 0 Å². The predicted molar refractivity (Wildman–Crippen MR) is 39.5 cm³/mol. The van der Waals surface area contributed by atoms with Crippen LogP contribution in [0.25, 0.3) is 0 Å². The minimum atomic E-state index is 0.852. The van der Waals surface area contributed by atoms with Gasteiger partial charge in [-0.15, -0.1) is 0 Å². The molecule has 0 aliphatic heterocycles. The van der Waals surface area contributed by atoms with E-state index in [1.54, 1.807) is 0 Å². The van der Waals surface area contributed by atoms with Crippen LogP contribution in [0.4, 0.5) is 0 Å². The van der Waals surface area contributed by atoms with E-state index >= 15 is 0 Å². The Hall–Kier alpha value is -0.710. The first-order chi connectivity index (χ1) is 4.06. The van der Waals surface area contributed by atoms with Gasteiger partial charge in [-0.2, -0.15) is 5.26 Å². The van der Waals surface area contributed by atoms with Gasteiger partial charge in [0.05, 0.1) is 0 Å². The van der Waals surface area contributed by atoms with Gasteiger partial charge in [0.15, 0.2) is 6.19 Å². The van der Waals surface area contributed by atoms with Crippen LogP contribution in [0.2, 0.25) is 0 Å². The second-order valence-electron chi connectivity index (χ2n) is 2.62. The van der Waals surface area contributed by atoms with E-state index in [1.165, 1.54) is 6.19 Å².